The number of fused-ring (bicyclic) bond motifs is 3. The third kappa shape index (κ3) is 0.811. The number of hydrogen-bond acceptors (Lipinski definition) is 2. The molecule has 1 aromatic heterocycles. The van der Waals surface area contributed by atoms with Crippen LogP contribution in [0.2, 0.25) is 0 Å². The number of hydrogen-bond donors (Lipinski definition) is 1. The molecular weight excluding hydrogens is 162 g/mol. The van der Waals surface area contributed by atoms with Crippen molar-refractivity contribution in [1.82, 2.24) is 9.89 Å². The monoisotopic (exact) mass is 171 g/mol. The molecule has 0 bridgehead atoms. The summed E-state index contributed by atoms with van der Waals surface area (Å²) in [5, 5.41) is 4.20. The Kier molecular flexibility index (Phi) is 1.10. The van der Waals surface area contributed by atoms with Crippen LogP contribution in [0.25, 0.3) is 11.1 Å². The number of rotatable bonds is 0. The largest absolute Gasteiger partial charge is 0.323 e. The van der Waals surface area contributed by atoms with Crippen molar-refractivity contribution in [2.24, 2.45) is 0 Å². The zero-order chi connectivity index (χ0) is 8.84. The maximum absolute atomic E-state index is 5.55. The van der Waals surface area contributed by atoms with E-state index in [1.54, 1.807) is 0 Å². The number of nitrogens with two attached hydrogens (primary N) is 1. The number of benzene rings is 1. The molecule has 0 fully saturated rings. The van der Waals surface area contributed by atoms with Crippen LogP contribution in [-0.4, -0.2) is 9.89 Å². The lowest BCUT2D eigenvalue weighted by Crippen LogP contribution is -2.08. The summed E-state index contributed by atoms with van der Waals surface area (Å²) in [7, 11) is 0. The predicted molar refractivity (Wildman–Crippen MR) is 50.6 cm³/mol. The van der Waals surface area contributed by atoms with Gasteiger partial charge in [-0.1, -0.05) is 24.3 Å². The topological polar surface area (TPSA) is 43.8 Å². The van der Waals surface area contributed by atoms with Gasteiger partial charge in [-0.05, 0) is 11.1 Å². The van der Waals surface area contributed by atoms with E-state index in [-0.39, 0.29) is 0 Å². The summed E-state index contributed by atoms with van der Waals surface area (Å²) in [5.41, 5.74) is 4.89. The lowest BCUT2D eigenvalue weighted by Gasteiger charge is -1.96. The van der Waals surface area contributed by atoms with Gasteiger partial charge < -0.3 is 5.84 Å². The molecular formula is C10H9N3. The highest BCUT2D eigenvalue weighted by Crippen LogP contribution is 2.34. The lowest BCUT2D eigenvalue weighted by atomic mass is 10.1. The maximum Gasteiger partial charge on any atom is 0.0767 e. The quantitative estimate of drug-likeness (QED) is 0.516. The molecule has 64 valence electrons. The summed E-state index contributed by atoms with van der Waals surface area (Å²) in [5.74, 6) is 5.55. The fourth-order valence-electron chi connectivity index (χ4n) is 1.90. The van der Waals surface area contributed by atoms with Gasteiger partial charge in [-0.2, -0.15) is 9.89 Å². The molecule has 0 unspecified atom stereocenters. The van der Waals surface area contributed by atoms with Crippen LogP contribution in [0.4, 0.5) is 0 Å². The summed E-state index contributed by atoms with van der Waals surface area (Å²) < 4.78 is 0. The average molecular weight is 171 g/mol. The summed E-state index contributed by atoms with van der Waals surface area (Å²) >= 11 is 0. The van der Waals surface area contributed by atoms with Crippen molar-refractivity contribution in [3.05, 3.63) is 41.7 Å². The summed E-state index contributed by atoms with van der Waals surface area (Å²) in [6.07, 6.45) is 2.79. The molecule has 0 saturated heterocycles. The second kappa shape index (κ2) is 2.13. The van der Waals surface area contributed by atoms with E-state index in [1.807, 2.05) is 12.3 Å². The Balaban J connectivity index is 2.30. The first-order chi connectivity index (χ1) is 6.34. The van der Waals surface area contributed by atoms with Gasteiger partial charge in [0.25, 0.3) is 0 Å². The molecule has 13 heavy (non-hydrogen) atoms. The van der Waals surface area contributed by atoms with E-state index >= 15 is 0 Å². The van der Waals surface area contributed by atoms with E-state index in [1.165, 1.54) is 21.5 Å². The highest BCUT2D eigenvalue weighted by molar-refractivity contribution is 5.74. The van der Waals surface area contributed by atoms with Gasteiger partial charge in [0.2, 0.25) is 0 Å². The van der Waals surface area contributed by atoms with Gasteiger partial charge in [-0.3, -0.25) is 0 Å². The van der Waals surface area contributed by atoms with E-state index < -0.39 is 0 Å². The third-order valence-electron chi connectivity index (χ3n) is 2.47. The molecule has 1 aromatic carbocycles. The molecule has 0 amide bonds. The van der Waals surface area contributed by atoms with E-state index in [2.05, 4.69) is 23.3 Å². The number of nitrogens with zero attached hydrogens (tertiary/aromatic N) is 2. The van der Waals surface area contributed by atoms with E-state index in [9.17, 15) is 0 Å². The summed E-state index contributed by atoms with van der Waals surface area (Å²) in [6, 6.07) is 8.35. The zero-order valence-corrected chi connectivity index (χ0v) is 7.07. The van der Waals surface area contributed by atoms with Gasteiger partial charge in [-0.25, -0.2) is 0 Å². The zero-order valence-electron chi connectivity index (χ0n) is 7.07. The van der Waals surface area contributed by atoms with Crippen molar-refractivity contribution in [3.8, 4) is 11.1 Å². The molecule has 1 aliphatic rings. The molecule has 0 radical (unpaired) electrons. The van der Waals surface area contributed by atoms with Crippen LogP contribution in [0.5, 0.6) is 0 Å². The Bertz CT molecular complexity index is 471. The van der Waals surface area contributed by atoms with Gasteiger partial charge in [0.1, 0.15) is 0 Å². The average Bonchev–Trinajstić information content (AvgIpc) is 2.60. The van der Waals surface area contributed by atoms with Crippen LogP contribution in [0.15, 0.2) is 30.5 Å². The SMILES string of the molecule is Nn1cc2c(n1)Cc1ccccc1-2. The van der Waals surface area contributed by atoms with Gasteiger partial charge in [0, 0.05) is 12.0 Å². The molecule has 3 rings (SSSR count). The maximum atomic E-state index is 5.55. The number of aromatic nitrogens is 2. The molecule has 0 aliphatic heterocycles. The standard InChI is InChI=1S/C10H9N3/c11-13-6-9-8-4-2-1-3-7(8)5-10(9)12-13/h1-4,6H,5,11H2. The Morgan fingerprint density at radius 2 is 2.08 bits per heavy atom. The fourth-order valence-corrected chi connectivity index (χ4v) is 1.90. The van der Waals surface area contributed by atoms with Crippen molar-refractivity contribution >= 4 is 0 Å². The van der Waals surface area contributed by atoms with Gasteiger partial charge in [0.15, 0.2) is 0 Å². The summed E-state index contributed by atoms with van der Waals surface area (Å²) in [6.45, 7) is 0. The Morgan fingerprint density at radius 1 is 1.23 bits per heavy atom. The first kappa shape index (κ1) is 6.71. The molecule has 1 aliphatic carbocycles. The Hall–Kier alpha value is -1.77. The minimum Gasteiger partial charge on any atom is -0.323 e. The smallest absolute Gasteiger partial charge is 0.0767 e. The Morgan fingerprint density at radius 3 is 3.00 bits per heavy atom. The highest BCUT2D eigenvalue weighted by Gasteiger charge is 2.20. The molecule has 2 aromatic rings. The van der Waals surface area contributed by atoms with Gasteiger partial charge in [0.05, 0.1) is 11.9 Å². The first-order valence-electron chi connectivity index (χ1n) is 4.26. The molecule has 3 heteroatoms. The lowest BCUT2D eigenvalue weighted by molar-refractivity contribution is 0.807. The predicted octanol–water partition coefficient (Wildman–Crippen LogP) is 1.17. The molecule has 0 atom stereocenters. The van der Waals surface area contributed by atoms with Crippen LogP contribution in [-0.2, 0) is 6.42 Å². The van der Waals surface area contributed by atoms with Crippen LogP contribution in [0.1, 0.15) is 11.3 Å². The van der Waals surface area contributed by atoms with E-state index in [0.717, 1.165) is 12.1 Å². The molecule has 3 nitrogen and oxygen atoms in total. The van der Waals surface area contributed by atoms with Crippen molar-refractivity contribution in [3.63, 3.8) is 0 Å². The third-order valence-corrected chi connectivity index (χ3v) is 2.47. The second-order valence-corrected chi connectivity index (χ2v) is 3.30. The summed E-state index contributed by atoms with van der Waals surface area (Å²) in [4.78, 5) is 1.39. The van der Waals surface area contributed by atoms with Crippen molar-refractivity contribution in [1.29, 1.82) is 0 Å². The van der Waals surface area contributed by atoms with Crippen LogP contribution < -0.4 is 5.84 Å². The molecule has 0 spiro atoms. The van der Waals surface area contributed by atoms with Crippen molar-refractivity contribution in [2.75, 3.05) is 5.84 Å². The minimum atomic E-state index is 0.912. The number of nitrogen functional groups attached to an aromatic ring is 1. The van der Waals surface area contributed by atoms with Crippen LogP contribution >= 0.6 is 0 Å². The fraction of sp³-hybridized carbons (Fsp3) is 0.100. The second-order valence-electron chi connectivity index (χ2n) is 3.30. The van der Waals surface area contributed by atoms with Gasteiger partial charge >= 0.3 is 0 Å². The van der Waals surface area contributed by atoms with Crippen molar-refractivity contribution < 1.29 is 0 Å². The first-order valence-corrected chi connectivity index (χ1v) is 4.26. The van der Waals surface area contributed by atoms with E-state index in [0.29, 0.717) is 0 Å². The molecule has 1 heterocycles. The van der Waals surface area contributed by atoms with Crippen molar-refractivity contribution in [2.45, 2.75) is 6.42 Å². The highest BCUT2D eigenvalue weighted by atomic mass is 15.5. The normalized spacial score (nSPS) is 12.6. The Labute approximate surface area is 75.8 Å². The van der Waals surface area contributed by atoms with Crippen LogP contribution in [0, 0.1) is 0 Å². The van der Waals surface area contributed by atoms with E-state index in [4.69, 9.17) is 5.84 Å². The van der Waals surface area contributed by atoms with Crippen LogP contribution in [0.3, 0.4) is 0 Å². The molecule has 2 N–H and O–H groups in total. The molecule has 0 saturated carbocycles. The van der Waals surface area contributed by atoms with Gasteiger partial charge in [-0.15, -0.1) is 0 Å². The minimum absolute atomic E-state index is 0.912.